The van der Waals surface area contributed by atoms with Crippen molar-refractivity contribution in [1.29, 1.82) is 0 Å². The van der Waals surface area contributed by atoms with Crippen LogP contribution in [0.3, 0.4) is 0 Å². The first-order chi connectivity index (χ1) is 16.4. The van der Waals surface area contributed by atoms with Gasteiger partial charge in [0.2, 0.25) is 12.7 Å². The van der Waals surface area contributed by atoms with Gasteiger partial charge in [-0.25, -0.2) is 4.79 Å². The number of fused-ring (bicyclic) bond motifs is 2. The second kappa shape index (κ2) is 10.2. The Balaban J connectivity index is 1.54. The number of nitrogens with zero attached hydrogens (tertiary/aromatic N) is 1. The molecule has 1 amide bonds. The molecule has 0 saturated heterocycles. The summed E-state index contributed by atoms with van der Waals surface area (Å²) in [6.45, 7) is 4.05. The summed E-state index contributed by atoms with van der Waals surface area (Å²) >= 11 is 0. The van der Waals surface area contributed by atoms with Gasteiger partial charge in [0.05, 0.1) is 17.5 Å². The first-order valence-electron chi connectivity index (χ1n) is 11.6. The van der Waals surface area contributed by atoms with Crippen molar-refractivity contribution in [2.45, 2.75) is 57.6 Å². The van der Waals surface area contributed by atoms with Crippen LogP contribution in [0.4, 0.5) is 4.79 Å². The summed E-state index contributed by atoms with van der Waals surface area (Å²) in [7, 11) is 0. The van der Waals surface area contributed by atoms with E-state index in [1.165, 1.54) is 4.57 Å². The molecule has 2 aromatic carbocycles. The minimum atomic E-state index is -1.05. The molecular weight excluding hydrogens is 436 g/mol. The molecule has 3 aromatic rings. The molecule has 0 radical (unpaired) electrons. The standard InChI is InChI=1S/C26H30N2O6/c1-3-4-9-21(29)24(17-10-11-22-23(13-17)34-15-33-22)25(30)27-16(2)12-18-14-28(26(31)32)20-8-6-5-7-19(18)20/h5-8,10-11,13-14,16,21,24,29H,3-4,9,12,15H2,1-2H3,(H,27,30)(H,31,32)/t16-,21-,24-/m1/s1. The molecule has 0 aliphatic carbocycles. The zero-order chi connectivity index (χ0) is 24.2. The lowest BCUT2D eigenvalue weighted by molar-refractivity contribution is -0.125. The molecule has 1 aliphatic rings. The van der Waals surface area contributed by atoms with Gasteiger partial charge in [0.25, 0.3) is 0 Å². The fourth-order valence-corrected chi connectivity index (χ4v) is 4.52. The van der Waals surface area contributed by atoms with E-state index in [0.29, 0.717) is 35.4 Å². The van der Waals surface area contributed by atoms with E-state index in [4.69, 9.17) is 9.47 Å². The van der Waals surface area contributed by atoms with Gasteiger partial charge < -0.3 is 25.0 Å². The predicted molar refractivity (Wildman–Crippen MR) is 128 cm³/mol. The Kier molecular flexibility index (Phi) is 7.07. The molecular formula is C26H30N2O6. The Morgan fingerprint density at radius 2 is 1.91 bits per heavy atom. The van der Waals surface area contributed by atoms with Crippen LogP contribution in [0.2, 0.25) is 0 Å². The minimum Gasteiger partial charge on any atom is -0.464 e. The number of carbonyl (C=O) groups is 2. The molecule has 8 heteroatoms. The van der Waals surface area contributed by atoms with Crippen molar-refractivity contribution in [2.75, 3.05) is 6.79 Å². The summed E-state index contributed by atoms with van der Waals surface area (Å²) in [5.41, 5.74) is 2.11. The number of carbonyl (C=O) groups excluding carboxylic acids is 1. The molecule has 0 saturated carbocycles. The number of aromatic nitrogens is 1. The maximum absolute atomic E-state index is 13.4. The van der Waals surface area contributed by atoms with Crippen LogP contribution in [-0.4, -0.2) is 45.7 Å². The van der Waals surface area contributed by atoms with Gasteiger partial charge in [-0.15, -0.1) is 0 Å². The number of hydrogen-bond donors (Lipinski definition) is 3. The quantitative estimate of drug-likeness (QED) is 0.434. The van der Waals surface area contributed by atoms with Crippen molar-refractivity contribution < 1.29 is 29.3 Å². The van der Waals surface area contributed by atoms with E-state index in [1.54, 1.807) is 36.5 Å². The first kappa shape index (κ1) is 23.6. The highest BCUT2D eigenvalue weighted by Gasteiger charge is 2.31. The molecule has 0 fully saturated rings. The fourth-order valence-electron chi connectivity index (χ4n) is 4.52. The smallest absolute Gasteiger partial charge is 0.416 e. The predicted octanol–water partition coefficient (Wildman–Crippen LogP) is 4.28. The van der Waals surface area contributed by atoms with Crippen LogP contribution < -0.4 is 14.8 Å². The molecule has 8 nitrogen and oxygen atoms in total. The van der Waals surface area contributed by atoms with E-state index in [0.717, 1.165) is 23.8 Å². The summed E-state index contributed by atoms with van der Waals surface area (Å²) < 4.78 is 12.0. The number of hydrogen-bond acceptors (Lipinski definition) is 5. The lowest BCUT2D eigenvalue weighted by Crippen LogP contribution is -2.41. The Labute approximate surface area is 198 Å². The van der Waals surface area contributed by atoms with Crippen LogP contribution in [0.1, 0.15) is 50.2 Å². The Morgan fingerprint density at radius 1 is 1.15 bits per heavy atom. The lowest BCUT2D eigenvalue weighted by Gasteiger charge is -2.25. The molecule has 0 bridgehead atoms. The number of benzene rings is 2. The van der Waals surface area contributed by atoms with Crippen molar-refractivity contribution in [2.24, 2.45) is 0 Å². The summed E-state index contributed by atoms with van der Waals surface area (Å²) in [6.07, 6.45) is 2.37. The molecule has 34 heavy (non-hydrogen) atoms. The highest BCUT2D eigenvalue weighted by molar-refractivity contribution is 5.91. The van der Waals surface area contributed by atoms with E-state index in [-0.39, 0.29) is 18.7 Å². The average molecular weight is 467 g/mol. The average Bonchev–Trinajstić information content (AvgIpc) is 3.42. The number of unbranched alkanes of at least 4 members (excludes halogenated alkanes) is 1. The van der Waals surface area contributed by atoms with E-state index < -0.39 is 18.1 Å². The van der Waals surface area contributed by atoms with Crippen LogP contribution >= 0.6 is 0 Å². The molecule has 1 aromatic heterocycles. The van der Waals surface area contributed by atoms with Gasteiger partial charge in [0.1, 0.15) is 0 Å². The van der Waals surface area contributed by atoms with Gasteiger partial charge in [0.15, 0.2) is 11.5 Å². The van der Waals surface area contributed by atoms with Crippen LogP contribution in [0.5, 0.6) is 11.5 Å². The molecule has 2 heterocycles. The molecule has 1 aliphatic heterocycles. The number of rotatable bonds is 9. The number of para-hydroxylation sites is 1. The first-order valence-corrected chi connectivity index (χ1v) is 11.6. The SMILES string of the molecule is CCCC[C@@H](O)[C@H](C(=O)N[C@H](C)Cc1cn(C(=O)O)c2ccccc12)c1ccc2c(c1)OCO2. The second-order valence-electron chi connectivity index (χ2n) is 8.74. The van der Waals surface area contributed by atoms with Crippen molar-refractivity contribution in [1.82, 2.24) is 9.88 Å². The molecule has 3 atom stereocenters. The van der Waals surface area contributed by atoms with Gasteiger partial charge in [-0.1, -0.05) is 44.0 Å². The molecule has 0 unspecified atom stereocenters. The number of ether oxygens (including phenoxy) is 2. The van der Waals surface area contributed by atoms with Crippen molar-refractivity contribution in [3.05, 3.63) is 59.8 Å². The van der Waals surface area contributed by atoms with E-state index in [2.05, 4.69) is 5.32 Å². The van der Waals surface area contributed by atoms with Crippen LogP contribution in [-0.2, 0) is 11.2 Å². The molecule has 0 spiro atoms. The van der Waals surface area contributed by atoms with Gasteiger partial charge in [-0.2, -0.15) is 0 Å². The van der Waals surface area contributed by atoms with Crippen LogP contribution in [0.15, 0.2) is 48.7 Å². The summed E-state index contributed by atoms with van der Waals surface area (Å²) in [4.78, 5) is 25.0. The highest BCUT2D eigenvalue weighted by Crippen LogP contribution is 2.36. The normalized spacial score (nSPS) is 15.1. The van der Waals surface area contributed by atoms with Gasteiger partial charge in [-0.3, -0.25) is 9.36 Å². The topological polar surface area (TPSA) is 110 Å². The maximum Gasteiger partial charge on any atom is 0.416 e. The number of amides is 1. The third-order valence-corrected chi connectivity index (χ3v) is 6.19. The molecule has 4 rings (SSSR count). The molecule has 180 valence electrons. The Bertz CT molecular complexity index is 1190. The van der Waals surface area contributed by atoms with Crippen LogP contribution in [0, 0.1) is 0 Å². The number of aliphatic hydroxyl groups excluding tert-OH is 1. The zero-order valence-electron chi connectivity index (χ0n) is 19.4. The van der Waals surface area contributed by atoms with Gasteiger partial charge in [0, 0.05) is 17.6 Å². The largest absolute Gasteiger partial charge is 0.464 e. The third kappa shape index (κ3) is 4.87. The molecule has 3 N–H and O–H groups in total. The number of carboxylic acid groups (broad SMARTS) is 1. The summed E-state index contributed by atoms with van der Waals surface area (Å²) in [6, 6.07) is 12.3. The van der Waals surface area contributed by atoms with E-state index in [1.807, 2.05) is 26.0 Å². The third-order valence-electron chi connectivity index (χ3n) is 6.19. The summed E-state index contributed by atoms with van der Waals surface area (Å²) in [5.74, 6) is 0.141. The van der Waals surface area contributed by atoms with Gasteiger partial charge >= 0.3 is 6.09 Å². The Hall–Kier alpha value is -3.52. The van der Waals surface area contributed by atoms with Crippen molar-refractivity contribution >= 4 is 22.9 Å². The summed E-state index contributed by atoms with van der Waals surface area (Å²) in [5, 5.41) is 24.3. The van der Waals surface area contributed by atoms with Gasteiger partial charge in [-0.05, 0) is 49.1 Å². The fraction of sp³-hybridized carbons (Fsp3) is 0.385. The van der Waals surface area contributed by atoms with Crippen molar-refractivity contribution in [3.8, 4) is 11.5 Å². The lowest BCUT2D eigenvalue weighted by atomic mass is 9.89. The Morgan fingerprint density at radius 3 is 2.68 bits per heavy atom. The number of nitrogens with one attached hydrogen (secondary N) is 1. The minimum absolute atomic E-state index is 0.134. The van der Waals surface area contributed by atoms with Crippen LogP contribution in [0.25, 0.3) is 10.9 Å². The van der Waals surface area contributed by atoms with Crippen molar-refractivity contribution in [3.63, 3.8) is 0 Å². The second-order valence-corrected chi connectivity index (χ2v) is 8.74. The zero-order valence-corrected chi connectivity index (χ0v) is 19.4. The van der Waals surface area contributed by atoms with E-state index >= 15 is 0 Å². The highest BCUT2D eigenvalue weighted by atomic mass is 16.7. The van der Waals surface area contributed by atoms with E-state index in [9.17, 15) is 19.8 Å². The maximum atomic E-state index is 13.4. The number of aliphatic hydroxyl groups is 1. The monoisotopic (exact) mass is 466 g/mol.